The van der Waals surface area contributed by atoms with Gasteiger partial charge >= 0.3 is 0 Å². The smallest absolute Gasteiger partial charge is 0.293 e. The summed E-state index contributed by atoms with van der Waals surface area (Å²) in [6, 6.07) is 23.1. The van der Waals surface area contributed by atoms with Gasteiger partial charge in [0.15, 0.2) is 11.5 Å². The zero-order chi connectivity index (χ0) is 24.5. The number of hydrogen-bond donors (Lipinski definition) is 0. The SMILES string of the molecule is O=C1S/C(=C\c2cn(CCOc3ccc4c(c3)OCO4)c3ccccc23)C(=O)N1Cc1ccccc1. The van der Waals surface area contributed by atoms with E-state index in [2.05, 4.69) is 4.57 Å². The molecule has 0 radical (unpaired) electrons. The second-order valence-corrected chi connectivity index (χ2v) is 9.41. The molecule has 180 valence electrons. The third-order valence-electron chi connectivity index (χ3n) is 6.11. The number of amides is 2. The highest BCUT2D eigenvalue weighted by Crippen LogP contribution is 2.36. The van der Waals surface area contributed by atoms with Crippen LogP contribution in [0.1, 0.15) is 11.1 Å². The molecule has 2 aliphatic rings. The molecular formula is C28H22N2O5S. The molecule has 8 heteroatoms. The first-order valence-electron chi connectivity index (χ1n) is 11.6. The van der Waals surface area contributed by atoms with Crippen LogP contribution in [0, 0.1) is 0 Å². The Morgan fingerprint density at radius 2 is 1.75 bits per heavy atom. The lowest BCUT2D eigenvalue weighted by molar-refractivity contribution is -0.123. The number of fused-ring (bicyclic) bond motifs is 2. The molecule has 4 aromatic rings. The number of nitrogens with zero attached hydrogens (tertiary/aromatic N) is 2. The number of imide groups is 1. The summed E-state index contributed by atoms with van der Waals surface area (Å²) in [4.78, 5) is 27.4. The van der Waals surface area contributed by atoms with Crippen molar-refractivity contribution in [3.63, 3.8) is 0 Å². The van der Waals surface area contributed by atoms with Crippen molar-refractivity contribution in [2.75, 3.05) is 13.4 Å². The number of thioether (sulfide) groups is 1. The van der Waals surface area contributed by atoms with E-state index >= 15 is 0 Å². The van der Waals surface area contributed by atoms with E-state index in [1.54, 1.807) is 0 Å². The van der Waals surface area contributed by atoms with Gasteiger partial charge < -0.3 is 18.8 Å². The van der Waals surface area contributed by atoms with Crippen molar-refractivity contribution < 1.29 is 23.8 Å². The van der Waals surface area contributed by atoms with E-state index in [4.69, 9.17) is 14.2 Å². The summed E-state index contributed by atoms with van der Waals surface area (Å²) in [7, 11) is 0. The molecule has 0 unspecified atom stereocenters. The zero-order valence-corrected chi connectivity index (χ0v) is 20.1. The molecule has 6 rings (SSSR count). The molecule has 0 spiro atoms. The zero-order valence-electron chi connectivity index (χ0n) is 19.3. The first-order valence-corrected chi connectivity index (χ1v) is 12.4. The van der Waals surface area contributed by atoms with Crippen LogP contribution in [0.3, 0.4) is 0 Å². The monoisotopic (exact) mass is 498 g/mol. The van der Waals surface area contributed by atoms with Crippen LogP contribution in [0.25, 0.3) is 17.0 Å². The Bertz CT molecular complexity index is 1490. The fourth-order valence-corrected chi connectivity index (χ4v) is 5.18. The van der Waals surface area contributed by atoms with Gasteiger partial charge in [-0.2, -0.15) is 0 Å². The summed E-state index contributed by atoms with van der Waals surface area (Å²) in [5, 5.41) is 0.756. The second kappa shape index (κ2) is 9.47. The topological polar surface area (TPSA) is 70.0 Å². The maximum absolute atomic E-state index is 13.0. The van der Waals surface area contributed by atoms with Gasteiger partial charge in [-0.1, -0.05) is 48.5 Å². The van der Waals surface area contributed by atoms with E-state index in [0.717, 1.165) is 39.5 Å². The van der Waals surface area contributed by atoms with Crippen LogP contribution in [0.15, 0.2) is 83.9 Å². The molecule has 0 saturated carbocycles. The highest BCUT2D eigenvalue weighted by atomic mass is 32.2. The molecule has 7 nitrogen and oxygen atoms in total. The predicted octanol–water partition coefficient (Wildman–Crippen LogP) is 5.69. The number of hydrogen-bond acceptors (Lipinski definition) is 6. The molecule has 3 aromatic carbocycles. The Labute approximate surface area is 211 Å². The minimum absolute atomic E-state index is 0.225. The molecule has 1 fully saturated rings. The van der Waals surface area contributed by atoms with Gasteiger partial charge in [0, 0.05) is 28.7 Å². The summed E-state index contributed by atoms with van der Waals surface area (Å²) in [6.45, 7) is 1.55. The van der Waals surface area contributed by atoms with Gasteiger partial charge in [-0.3, -0.25) is 14.5 Å². The summed E-state index contributed by atoms with van der Waals surface area (Å²) < 4.78 is 18.8. The Hall–Kier alpha value is -4.17. The molecule has 1 aromatic heterocycles. The van der Waals surface area contributed by atoms with Crippen LogP contribution < -0.4 is 14.2 Å². The lowest BCUT2D eigenvalue weighted by Crippen LogP contribution is -2.27. The Kier molecular flexibility index (Phi) is 5.87. The maximum atomic E-state index is 13.0. The molecule has 0 aliphatic carbocycles. The van der Waals surface area contributed by atoms with Crippen molar-refractivity contribution in [2.45, 2.75) is 13.1 Å². The van der Waals surface area contributed by atoms with E-state index in [1.807, 2.05) is 85.1 Å². The molecular weight excluding hydrogens is 476 g/mol. The summed E-state index contributed by atoms with van der Waals surface area (Å²) in [6.07, 6.45) is 3.81. The van der Waals surface area contributed by atoms with Gasteiger partial charge in [0.05, 0.1) is 18.0 Å². The van der Waals surface area contributed by atoms with Crippen molar-refractivity contribution in [2.24, 2.45) is 0 Å². The Morgan fingerprint density at radius 1 is 0.944 bits per heavy atom. The van der Waals surface area contributed by atoms with E-state index < -0.39 is 0 Å². The van der Waals surface area contributed by atoms with Gasteiger partial charge in [-0.05, 0) is 41.6 Å². The Morgan fingerprint density at radius 3 is 2.64 bits per heavy atom. The number of para-hydroxylation sites is 1. The first-order chi connectivity index (χ1) is 17.7. The number of carbonyl (C=O) groups excluding carboxylic acids is 2. The Balaban J connectivity index is 1.20. The van der Waals surface area contributed by atoms with Gasteiger partial charge in [0.1, 0.15) is 12.4 Å². The van der Waals surface area contributed by atoms with E-state index in [1.165, 1.54) is 4.90 Å². The molecule has 0 N–H and O–H groups in total. The van der Waals surface area contributed by atoms with Crippen LogP contribution in [0.5, 0.6) is 17.2 Å². The average molecular weight is 499 g/mol. The number of carbonyl (C=O) groups is 2. The quantitative estimate of drug-likeness (QED) is 0.305. The number of ether oxygens (including phenoxy) is 3. The average Bonchev–Trinajstić information content (AvgIpc) is 3.58. The normalized spacial score (nSPS) is 15.9. The minimum atomic E-state index is -0.267. The molecule has 2 amide bonds. The van der Waals surface area contributed by atoms with Crippen LogP contribution in [-0.4, -0.2) is 34.0 Å². The van der Waals surface area contributed by atoms with Crippen molar-refractivity contribution in [1.29, 1.82) is 0 Å². The van der Waals surface area contributed by atoms with E-state index in [9.17, 15) is 9.59 Å². The van der Waals surface area contributed by atoms with Gasteiger partial charge in [-0.15, -0.1) is 0 Å². The van der Waals surface area contributed by atoms with Gasteiger partial charge in [0.2, 0.25) is 6.79 Å². The van der Waals surface area contributed by atoms with Crippen LogP contribution in [0.4, 0.5) is 4.79 Å². The summed E-state index contributed by atoms with van der Waals surface area (Å²) in [5.41, 5.74) is 2.83. The fourth-order valence-electron chi connectivity index (χ4n) is 4.35. The molecule has 36 heavy (non-hydrogen) atoms. The third-order valence-corrected chi connectivity index (χ3v) is 7.02. The minimum Gasteiger partial charge on any atom is -0.492 e. The lowest BCUT2D eigenvalue weighted by Gasteiger charge is -2.12. The summed E-state index contributed by atoms with van der Waals surface area (Å²) in [5.74, 6) is 1.85. The molecule has 3 heterocycles. The molecule has 2 aliphatic heterocycles. The molecule has 0 atom stereocenters. The van der Waals surface area contributed by atoms with Crippen molar-refractivity contribution in [3.05, 3.63) is 95.0 Å². The second-order valence-electron chi connectivity index (χ2n) is 8.41. The van der Waals surface area contributed by atoms with Crippen LogP contribution in [0.2, 0.25) is 0 Å². The summed E-state index contributed by atoms with van der Waals surface area (Å²) >= 11 is 0.981. The maximum Gasteiger partial charge on any atom is 0.293 e. The van der Waals surface area contributed by atoms with Crippen LogP contribution in [-0.2, 0) is 17.9 Å². The first kappa shape index (κ1) is 22.3. The number of aromatic nitrogens is 1. The molecule has 0 bridgehead atoms. The van der Waals surface area contributed by atoms with E-state index in [0.29, 0.717) is 29.6 Å². The third kappa shape index (κ3) is 4.31. The van der Waals surface area contributed by atoms with Gasteiger partial charge in [0.25, 0.3) is 11.1 Å². The number of rotatable bonds is 7. The largest absolute Gasteiger partial charge is 0.492 e. The lowest BCUT2D eigenvalue weighted by atomic mass is 10.1. The van der Waals surface area contributed by atoms with Crippen molar-refractivity contribution >= 4 is 39.9 Å². The highest BCUT2D eigenvalue weighted by Gasteiger charge is 2.35. The molecule has 1 saturated heterocycles. The highest BCUT2D eigenvalue weighted by molar-refractivity contribution is 8.18. The predicted molar refractivity (Wildman–Crippen MR) is 138 cm³/mol. The van der Waals surface area contributed by atoms with E-state index in [-0.39, 0.29) is 24.5 Å². The van der Waals surface area contributed by atoms with Crippen LogP contribution >= 0.6 is 11.8 Å². The van der Waals surface area contributed by atoms with Gasteiger partial charge in [-0.25, -0.2) is 0 Å². The number of benzene rings is 3. The van der Waals surface area contributed by atoms with Crippen molar-refractivity contribution in [1.82, 2.24) is 9.47 Å². The standard InChI is InChI=1S/C28H22N2O5S/c31-27-26(36-28(32)30(27)16-19-6-2-1-3-7-19)14-20-17-29(23-9-5-4-8-22(20)23)12-13-33-21-10-11-24-25(15-21)35-18-34-24/h1-11,14-15,17H,12-13,16,18H2/b26-14-. The fraction of sp³-hybridized carbons (Fsp3) is 0.143. The van der Waals surface area contributed by atoms with Crippen molar-refractivity contribution in [3.8, 4) is 17.2 Å².